The quantitative estimate of drug-likeness (QED) is 0.821. The van der Waals surface area contributed by atoms with Gasteiger partial charge in [0.15, 0.2) is 0 Å². The van der Waals surface area contributed by atoms with E-state index in [-0.39, 0.29) is 17.2 Å². The number of aromatic nitrogens is 3. The predicted molar refractivity (Wildman–Crippen MR) is 97.4 cm³/mol. The van der Waals surface area contributed by atoms with E-state index in [1.807, 2.05) is 49.7 Å². The van der Waals surface area contributed by atoms with Crippen molar-refractivity contribution in [2.24, 2.45) is 0 Å². The fraction of sp³-hybridized carbons (Fsp3) is 0.471. The zero-order valence-corrected chi connectivity index (χ0v) is 15.5. The number of nitrogens with one attached hydrogen (secondary N) is 2. The Morgan fingerprint density at radius 1 is 1.32 bits per heavy atom. The highest BCUT2D eigenvalue weighted by Crippen LogP contribution is 2.37. The Bertz CT molecular complexity index is 731. The van der Waals surface area contributed by atoms with Gasteiger partial charge in [-0.1, -0.05) is 30.8 Å². The van der Waals surface area contributed by atoms with Crippen molar-refractivity contribution in [1.29, 1.82) is 0 Å². The average Bonchev–Trinajstić information content (AvgIpc) is 3.00. The maximum absolute atomic E-state index is 12.7. The topological polar surface area (TPSA) is 81.1 Å². The van der Waals surface area contributed by atoms with Gasteiger partial charge in [-0.05, 0) is 38.0 Å². The van der Waals surface area contributed by atoms with Crippen LogP contribution in [-0.2, 0) is 4.79 Å². The summed E-state index contributed by atoms with van der Waals surface area (Å²) in [6.07, 6.45) is 0.902. The average molecular weight is 361 g/mol. The van der Waals surface area contributed by atoms with Crippen molar-refractivity contribution in [3.05, 3.63) is 35.7 Å². The third-order valence-corrected chi connectivity index (χ3v) is 5.17. The molecule has 0 saturated heterocycles. The minimum atomic E-state index is -0.319. The molecule has 1 aromatic carbocycles. The number of ether oxygens (including phenoxy) is 1. The lowest BCUT2D eigenvalue weighted by atomic mass is 10.0. The molecule has 0 bridgehead atoms. The molecule has 8 heteroatoms. The van der Waals surface area contributed by atoms with Crippen LogP contribution in [0.15, 0.2) is 29.4 Å². The molecule has 7 nitrogen and oxygen atoms in total. The van der Waals surface area contributed by atoms with Gasteiger partial charge in [0.2, 0.25) is 11.1 Å². The van der Waals surface area contributed by atoms with Gasteiger partial charge in [0, 0.05) is 6.54 Å². The van der Waals surface area contributed by atoms with E-state index in [4.69, 9.17) is 4.74 Å². The second kappa shape index (κ2) is 7.77. The monoisotopic (exact) mass is 361 g/mol. The Hall–Kier alpha value is -2.22. The van der Waals surface area contributed by atoms with Crippen LogP contribution < -0.4 is 15.5 Å². The molecule has 3 rings (SSSR count). The highest BCUT2D eigenvalue weighted by atomic mass is 32.2. The summed E-state index contributed by atoms with van der Waals surface area (Å²) in [6, 6.07) is 7.67. The van der Waals surface area contributed by atoms with E-state index in [2.05, 4.69) is 20.9 Å². The standard InChI is InChI=1S/C17H23N5O2S/c1-4-10-18-16(23)15-14(12-6-8-13(9-7-12)24-5-2)21-22-11(3)19-20-17(22)25-15/h6-9,14-15,21H,4-5,10H2,1-3H3,(H,18,23). The first kappa shape index (κ1) is 17.6. The zero-order valence-electron chi connectivity index (χ0n) is 14.7. The lowest BCUT2D eigenvalue weighted by Gasteiger charge is -2.32. The molecule has 1 aromatic heterocycles. The molecule has 25 heavy (non-hydrogen) atoms. The predicted octanol–water partition coefficient (Wildman–Crippen LogP) is 2.27. The Morgan fingerprint density at radius 3 is 2.76 bits per heavy atom. The number of carbonyl (C=O) groups is 1. The van der Waals surface area contributed by atoms with Gasteiger partial charge in [0.1, 0.15) is 16.8 Å². The van der Waals surface area contributed by atoms with E-state index in [9.17, 15) is 4.79 Å². The number of hydrogen-bond acceptors (Lipinski definition) is 6. The highest BCUT2D eigenvalue weighted by molar-refractivity contribution is 8.00. The largest absolute Gasteiger partial charge is 0.494 e. The molecule has 1 amide bonds. The fourth-order valence-electron chi connectivity index (χ4n) is 2.70. The normalized spacial score (nSPS) is 19.0. The van der Waals surface area contributed by atoms with Crippen LogP contribution in [0.2, 0.25) is 0 Å². The Balaban J connectivity index is 1.89. The summed E-state index contributed by atoms with van der Waals surface area (Å²) in [5.74, 6) is 1.60. The van der Waals surface area contributed by atoms with E-state index in [0.717, 1.165) is 23.6 Å². The lowest BCUT2D eigenvalue weighted by molar-refractivity contribution is -0.120. The van der Waals surface area contributed by atoms with Crippen LogP contribution in [0.4, 0.5) is 0 Å². The maximum Gasteiger partial charge on any atom is 0.236 e. The van der Waals surface area contributed by atoms with Crippen molar-refractivity contribution in [2.45, 2.75) is 43.6 Å². The zero-order chi connectivity index (χ0) is 17.8. The number of hydrogen-bond donors (Lipinski definition) is 2. The van der Waals surface area contributed by atoms with Gasteiger partial charge in [-0.2, -0.15) is 0 Å². The van der Waals surface area contributed by atoms with Crippen LogP contribution >= 0.6 is 11.8 Å². The van der Waals surface area contributed by atoms with Crippen LogP contribution in [-0.4, -0.2) is 39.2 Å². The first-order valence-electron chi connectivity index (χ1n) is 8.49. The summed E-state index contributed by atoms with van der Waals surface area (Å²) < 4.78 is 7.35. The third kappa shape index (κ3) is 3.73. The summed E-state index contributed by atoms with van der Waals surface area (Å²) >= 11 is 1.44. The van der Waals surface area contributed by atoms with Gasteiger partial charge in [-0.25, -0.2) is 4.68 Å². The van der Waals surface area contributed by atoms with Crippen LogP contribution in [0.5, 0.6) is 5.75 Å². The first-order chi connectivity index (χ1) is 12.1. The number of benzene rings is 1. The van der Waals surface area contributed by atoms with Crippen LogP contribution in [0, 0.1) is 6.92 Å². The smallest absolute Gasteiger partial charge is 0.236 e. The van der Waals surface area contributed by atoms with Gasteiger partial charge >= 0.3 is 0 Å². The fourth-order valence-corrected chi connectivity index (χ4v) is 3.85. The minimum Gasteiger partial charge on any atom is -0.494 e. The number of aryl methyl sites for hydroxylation is 1. The Morgan fingerprint density at radius 2 is 2.08 bits per heavy atom. The number of nitrogens with zero attached hydrogens (tertiary/aromatic N) is 3. The first-order valence-corrected chi connectivity index (χ1v) is 9.37. The lowest BCUT2D eigenvalue weighted by Crippen LogP contribution is -2.44. The van der Waals surface area contributed by atoms with Gasteiger partial charge < -0.3 is 15.5 Å². The summed E-state index contributed by atoms with van der Waals surface area (Å²) in [4.78, 5) is 12.7. The molecule has 0 fully saturated rings. The van der Waals surface area contributed by atoms with Gasteiger partial charge in [0.25, 0.3) is 0 Å². The van der Waals surface area contributed by atoms with Crippen molar-refractivity contribution >= 4 is 17.7 Å². The maximum atomic E-state index is 12.7. The number of thioether (sulfide) groups is 1. The summed E-state index contributed by atoms with van der Waals surface area (Å²) in [5, 5.41) is 11.6. The molecule has 2 heterocycles. The molecular formula is C17H23N5O2S. The van der Waals surface area contributed by atoms with E-state index >= 15 is 0 Å². The second-order valence-electron chi connectivity index (χ2n) is 5.80. The molecule has 1 aliphatic heterocycles. The Kier molecular flexibility index (Phi) is 5.47. The molecule has 2 N–H and O–H groups in total. The highest BCUT2D eigenvalue weighted by Gasteiger charge is 2.37. The van der Waals surface area contributed by atoms with Crippen molar-refractivity contribution in [3.63, 3.8) is 0 Å². The van der Waals surface area contributed by atoms with E-state index in [1.165, 1.54) is 11.8 Å². The molecule has 1 aliphatic rings. The molecule has 2 aromatic rings. The van der Waals surface area contributed by atoms with Gasteiger partial charge in [0.05, 0.1) is 12.6 Å². The SMILES string of the molecule is CCCNC(=O)C1Sc2nnc(C)n2NC1c1ccc(OCC)cc1. The van der Waals surface area contributed by atoms with E-state index < -0.39 is 0 Å². The van der Waals surface area contributed by atoms with Crippen molar-refractivity contribution in [3.8, 4) is 5.75 Å². The molecule has 2 atom stereocenters. The van der Waals surface area contributed by atoms with Crippen LogP contribution in [0.1, 0.15) is 37.7 Å². The van der Waals surface area contributed by atoms with Crippen LogP contribution in [0.3, 0.4) is 0 Å². The van der Waals surface area contributed by atoms with Crippen molar-refractivity contribution in [1.82, 2.24) is 20.2 Å². The molecule has 0 saturated carbocycles. The Labute approximate surface area is 151 Å². The van der Waals surface area contributed by atoms with Crippen molar-refractivity contribution < 1.29 is 9.53 Å². The number of carbonyl (C=O) groups excluding carboxylic acids is 1. The summed E-state index contributed by atoms with van der Waals surface area (Å²) in [7, 11) is 0. The van der Waals surface area contributed by atoms with Crippen molar-refractivity contribution in [2.75, 3.05) is 18.6 Å². The van der Waals surface area contributed by atoms with E-state index in [0.29, 0.717) is 18.3 Å². The molecule has 2 unspecified atom stereocenters. The van der Waals surface area contributed by atoms with Gasteiger partial charge in [-0.3, -0.25) is 4.79 Å². The second-order valence-corrected chi connectivity index (χ2v) is 6.91. The molecule has 134 valence electrons. The molecule has 0 radical (unpaired) electrons. The van der Waals surface area contributed by atoms with E-state index in [1.54, 1.807) is 0 Å². The third-order valence-electron chi connectivity index (χ3n) is 3.96. The minimum absolute atomic E-state index is 0.00476. The summed E-state index contributed by atoms with van der Waals surface area (Å²) in [6.45, 7) is 7.17. The summed E-state index contributed by atoms with van der Waals surface area (Å²) in [5.41, 5.74) is 4.41. The number of rotatable bonds is 6. The number of fused-ring (bicyclic) bond motifs is 1. The van der Waals surface area contributed by atoms with Crippen LogP contribution in [0.25, 0.3) is 0 Å². The molecule has 0 aliphatic carbocycles. The van der Waals surface area contributed by atoms with Gasteiger partial charge in [-0.15, -0.1) is 10.2 Å². The molecular weight excluding hydrogens is 338 g/mol. The molecule has 0 spiro atoms. The number of amides is 1.